The maximum Gasteiger partial charge on any atom is 0.223 e. The van der Waals surface area contributed by atoms with Crippen LogP contribution >= 0.6 is 11.3 Å². The number of rotatable bonds is 2. The van der Waals surface area contributed by atoms with Gasteiger partial charge in [0, 0.05) is 11.3 Å². The highest BCUT2D eigenvalue weighted by atomic mass is 32.1. The molecular formula is C26H38N2O4S. The summed E-state index contributed by atoms with van der Waals surface area (Å²) >= 11 is 1.59. The predicted molar refractivity (Wildman–Crippen MR) is 132 cm³/mol. The van der Waals surface area contributed by atoms with Crippen LogP contribution in [0.25, 0.3) is 6.08 Å². The van der Waals surface area contributed by atoms with Gasteiger partial charge in [0.2, 0.25) is 5.91 Å². The number of allylic oxidation sites excluding steroid dienone is 1. The van der Waals surface area contributed by atoms with E-state index in [1.807, 2.05) is 25.3 Å². The lowest BCUT2D eigenvalue weighted by atomic mass is 9.60. The van der Waals surface area contributed by atoms with Crippen LogP contribution < -0.4 is 5.32 Å². The number of carbonyl (C=O) groups excluding carboxylic acids is 2. The maximum absolute atomic E-state index is 13.1. The molecule has 6 nitrogen and oxygen atoms in total. The van der Waals surface area contributed by atoms with E-state index in [0.717, 1.165) is 35.5 Å². The van der Waals surface area contributed by atoms with Crippen LogP contribution in [-0.2, 0) is 9.59 Å². The molecule has 1 aromatic rings. The SMILES string of the molecule is C/C1=C/C[C@@H](/C(C)=C/c2csc(C)n2)NC(=O)C[C@H](O)[C@@]2(C)C[C@@H](CCC1)[C@@H](O)[C@H](C)C2=O. The smallest absolute Gasteiger partial charge is 0.223 e. The number of carbonyl (C=O) groups is 2. The third kappa shape index (κ3) is 6.00. The van der Waals surface area contributed by atoms with E-state index in [1.165, 1.54) is 5.57 Å². The minimum atomic E-state index is -1.09. The summed E-state index contributed by atoms with van der Waals surface area (Å²) in [5, 5.41) is 27.8. The Morgan fingerprint density at radius 3 is 2.70 bits per heavy atom. The molecule has 0 spiro atoms. The third-order valence-electron chi connectivity index (χ3n) is 7.52. The molecule has 1 fully saturated rings. The second kappa shape index (κ2) is 10.6. The Labute approximate surface area is 201 Å². The van der Waals surface area contributed by atoms with Gasteiger partial charge in [-0.2, -0.15) is 0 Å². The summed E-state index contributed by atoms with van der Waals surface area (Å²) < 4.78 is 0. The van der Waals surface area contributed by atoms with Crippen LogP contribution in [0.5, 0.6) is 0 Å². The van der Waals surface area contributed by atoms with Crippen LogP contribution in [0.2, 0.25) is 0 Å². The van der Waals surface area contributed by atoms with Crippen molar-refractivity contribution in [2.75, 3.05) is 0 Å². The molecular weight excluding hydrogens is 436 g/mol. The first-order chi connectivity index (χ1) is 15.5. The summed E-state index contributed by atoms with van der Waals surface area (Å²) in [5.41, 5.74) is 2.09. The number of aliphatic hydroxyl groups is 2. The number of ketones is 1. The maximum atomic E-state index is 13.1. The minimum Gasteiger partial charge on any atom is -0.392 e. The van der Waals surface area contributed by atoms with Crippen molar-refractivity contribution in [2.45, 2.75) is 91.4 Å². The second-order valence-electron chi connectivity index (χ2n) is 10.2. The van der Waals surface area contributed by atoms with E-state index in [4.69, 9.17) is 0 Å². The van der Waals surface area contributed by atoms with Crippen LogP contribution in [0.3, 0.4) is 0 Å². The van der Waals surface area contributed by atoms with Gasteiger partial charge in [-0.25, -0.2) is 4.98 Å². The van der Waals surface area contributed by atoms with Crippen LogP contribution in [0.4, 0.5) is 0 Å². The summed E-state index contributed by atoms with van der Waals surface area (Å²) in [5.74, 6) is -1.03. The largest absolute Gasteiger partial charge is 0.392 e. The van der Waals surface area contributed by atoms with Crippen molar-refractivity contribution in [3.8, 4) is 0 Å². The van der Waals surface area contributed by atoms with Crippen molar-refractivity contribution in [1.82, 2.24) is 10.3 Å². The number of nitrogens with one attached hydrogen (secondary N) is 1. The van der Waals surface area contributed by atoms with Gasteiger partial charge in [-0.1, -0.05) is 25.5 Å². The summed E-state index contributed by atoms with van der Waals surface area (Å²) in [6.07, 6.45) is 5.91. The van der Waals surface area contributed by atoms with Crippen molar-refractivity contribution in [3.63, 3.8) is 0 Å². The normalized spacial score (nSPS) is 36.5. The third-order valence-corrected chi connectivity index (χ3v) is 8.31. The zero-order valence-electron chi connectivity index (χ0n) is 20.4. The highest BCUT2D eigenvalue weighted by Gasteiger charge is 2.51. The standard InChI is InChI=1S/C26H38N2O4S/c1-15-7-6-8-19-13-26(5,25(32)17(3)24(19)31)22(29)12-23(30)28-21(10-9-15)16(2)11-20-14-33-18(4)27-20/h9,11,14,17,19,21-22,24,29,31H,6-8,10,12-13H2,1-5H3,(H,28,30)/b15-9-,16-11+/t17-,19+,21-,22-,24-,26+/m0/s1. The fraction of sp³-hybridized carbons (Fsp3) is 0.654. The zero-order valence-corrected chi connectivity index (χ0v) is 21.2. The van der Waals surface area contributed by atoms with E-state index < -0.39 is 23.5 Å². The Morgan fingerprint density at radius 2 is 2.03 bits per heavy atom. The van der Waals surface area contributed by atoms with Crippen LogP contribution in [0.1, 0.15) is 76.9 Å². The van der Waals surface area contributed by atoms with E-state index in [0.29, 0.717) is 12.8 Å². The fourth-order valence-corrected chi connectivity index (χ4v) is 5.85. The van der Waals surface area contributed by atoms with Gasteiger partial charge in [-0.05, 0) is 70.4 Å². The summed E-state index contributed by atoms with van der Waals surface area (Å²) in [4.78, 5) is 30.6. The summed E-state index contributed by atoms with van der Waals surface area (Å²) in [6.45, 7) is 9.55. The first-order valence-electron chi connectivity index (χ1n) is 12.0. The molecule has 182 valence electrons. The topological polar surface area (TPSA) is 99.5 Å². The van der Waals surface area contributed by atoms with Crippen LogP contribution in [0.15, 0.2) is 22.6 Å². The van der Waals surface area contributed by atoms with Crippen molar-refractivity contribution >= 4 is 29.1 Å². The quantitative estimate of drug-likeness (QED) is 0.558. The van der Waals surface area contributed by atoms with Gasteiger partial charge in [0.15, 0.2) is 0 Å². The molecule has 1 aromatic heterocycles. The Balaban J connectivity index is 1.87. The van der Waals surface area contributed by atoms with E-state index in [9.17, 15) is 19.8 Å². The van der Waals surface area contributed by atoms with E-state index >= 15 is 0 Å². The van der Waals surface area contributed by atoms with E-state index in [1.54, 1.807) is 25.2 Å². The molecule has 3 rings (SSSR count). The molecule has 1 amide bonds. The molecule has 7 heteroatoms. The molecule has 1 aliphatic carbocycles. The number of fused-ring (bicyclic) bond motifs is 2. The van der Waals surface area contributed by atoms with Gasteiger partial charge in [0.25, 0.3) is 0 Å². The Kier molecular flexibility index (Phi) is 8.30. The number of nitrogens with zero attached hydrogens (tertiary/aromatic N) is 1. The summed E-state index contributed by atoms with van der Waals surface area (Å²) in [7, 11) is 0. The van der Waals surface area contributed by atoms with Gasteiger partial charge in [0.05, 0.1) is 40.8 Å². The summed E-state index contributed by atoms with van der Waals surface area (Å²) in [6, 6.07) is -0.215. The average molecular weight is 475 g/mol. The first kappa shape index (κ1) is 25.8. The molecule has 1 saturated carbocycles. The predicted octanol–water partition coefficient (Wildman–Crippen LogP) is 4.20. The number of amides is 1. The number of hydrogen-bond donors (Lipinski definition) is 3. The van der Waals surface area contributed by atoms with Crippen LogP contribution in [-0.4, -0.2) is 45.1 Å². The molecule has 0 saturated heterocycles. The molecule has 1 aliphatic heterocycles. The van der Waals surface area contributed by atoms with Gasteiger partial charge in [-0.3, -0.25) is 9.59 Å². The van der Waals surface area contributed by atoms with Gasteiger partial charge < -0.3 is 15.5 Å². The zero-order chi connectivity index (χ0) is 24.3. The van der Waals surface area contributed by atoms with Crippen LogP contribution in [0, 0.1) is 24.2 Å². The van der Waals surface area contributed by atoms with Crippen molar-refractivity contribution < 1.29 is 19.8 Å². The molecule has 0 aromatic carbocycles. The monoisotopic (exact) mass is 474 g/mol. The molecule has 6 atom stereocenters. The molecule has 3 N–H and O–H groups in total. The Hall–Kier alpha value is -1.83. The highest BCUT2D eigenvalue weighted by Crippen LogP contribution is 2.44. The number of aromatic nitrogens is 1. The Bertz CT molecular complexity index is 936. The van der Waals surface area contributed by atoms with E-state index in [-0.39, 0.29) is 30.1 Å². The van der Waals surface area contributed by atoms with Gasteiger partial charge >= 0.3 is 0 Å². The molecule has 33 heavy (non-hydrogen) atoms. The minimum absolute atomic E-state index is 0.0596. The van der Waals surface area contributed by atoms with E-state index in [2.05, 4.69) is 23.3 Å². The molecule has 0 unspecified atom stereocenters. The molecule has 2 aliphatic rings. The van der Waals surface area contributed by atoms with Gasteiger partial charge in [-0.15, -0.1) is 11.3 Å². The Morgan fingerprint density at radius 1 is 1.30 bits per heavy atom. The highest BCUT2D eigenvalue weighted by molar-refractivity contribution is 7.09. The van der Waals surface area contributed by atoms with Gasteiger partial charge in [0.1, 0.15) is 5.78 Å². The second-order valence-corrected chi connectivity index (χ2v) is 11.3. The molecule has 2 bridgehead atoms. The lowest BCUT2D eigenvalue weighted by molar-refractivity contribution is -0.156. The number of thiazole rings is 1. The average Bonchev–Trinajstić information content (AvgIpc) is 3.16. The van der Waals surface area contributed by atoms with Crippen molar-refractivity contribution in [2.24, 2.45) is 17.3 Å². The number of Topliss-reactive ketones (excluding diaryl/α,β-unsaturated/α-hetero) is 1. The lowest BCUT2D eigenvalue weighted by Crippen LogP contribution is -2.54. The van der Waals surface area contributed by atoms with Crippen molar-refractivity contribution in [1.29, 1.82) is 0 Å². The number of aliphatic hydroxyl groups excluding tert-OH is 2. The lowest BCUT2D eigenvalue weighted by Gasteiger charge is -2.45. The molecule has 2 heterocycles. The fourth-order valence-electron chi connectivity index (χ4n) is 5.28. The first-order valence-corrected chi connectivity index (χ1v) is 12.8. The molecule has 0 radical (unpaired) electrons. The van der Waals surface area contributed by atoms with Crippen molar-refractivity contribution in [3.05, 3.63) is 33.3 Å². The number of aryl methyl sites for hydroxylation is 1. The number of hydrogen-bond acceptors (Lipinski definition) is 6.